The van der Waals surface area contributed by atoms with Crippen LogP contribution in [-0.2, 0) is 4.79 Å². The van der Waals surface area contributed by atoms with E-state index in [1.165, 1.54) is 0 Å². The van der Waals surface area contributed by atoms with Crippen LogP contribution < -0.4 is 10.1 Å². The normalized spacial score (nSPS) is 15.7. The summed E-state index contributed by atoms with van der Waals surface area (Å²) in [7, 11) is 1.58. The highest BCUT2D eigenvalue weighted by atomic mass is 35.5. The Kier molecular flexibility index (Phi) is 5.90. The fraction of sp³-hybridized carbons (Fsp3) is 0.273. The predicted octanol–water partition coefficient (Wildman–Crippen LogP) is 3.48. The van der Waals surface area contributed by atoms with E-state index < -0.39 is 6.04 Å². The molecule has 1 aromatic heterocycles. The van der Waals surface area contributed by atoms with Crippen molar-refractivity contribution in [3.8, 4) is 11.4 Å². The first-order chi connectivity index (χ1) is 15.0. The summed E-state index contributed by atoms with van der Waals surface area (Å²) in [5, 5.41) is 11.7. The van der Waals surface area contributed by atoms with E-state index in [-0.39, 0.29) is 17.5 Å². The van der Waals surface area contributed by atoms with Crippen molar-refractivity contribution >= 4 is 29.1 Å². The molecule has 1 unspecified atom stereocenters. The zero-order chi connectivity index (χ0) is 22.0. The number of likely N-dealkylation sites (tertiary alicyclic amines) is 1. The van der Waals surface area contributed by atoms with Crippen LogP contribution in [0.25, 0.3) is 5.69 Å². The fourth-order valence-electron chi connectivity index (χ4n) is 3.70. The zero-order valence-corrected chi connectivity index (χ0v) is 18.0. The van der Waals surface area contributed by atoms with Gasteiger partial charge in [-0.2, -0.15) is 0 Å². The number of carbonyl (C=O) groups excluding carboxylic acids is 2. The summed E-state index contributed by atoms with van der Waals surface area (Å²) in [5.74, 6) is 0.169. The topological polar surface area (TPSA) is 89.3 Å². The number of nitrogens with one attached hydrogen (secondary N) is 1. The Morgan fingerprint density at radius 3 is 2.68 bits per heavy atom. The van der Waals surface area contributed by atoms with Crippen molar-refractivity contribution < 1.29 is 14.3 Å². The molecule has 1 saturated heterocycles. The van der Waals surface area contributed by atoms with Crippen LogP contribution in [0.15, 0.2) is 48.5 Å². The van der Waals surface area contributed by atoms with Crippen LogP contribution in [0.5, 0.6) is 5.75 Å². The molecule has 0 saturated carbocycles. The molecule has 1 fully saturated rings. The number of rotatable bonds is 5. The lowest BCUT2D eigenvalue weighted by Gasteiger charge is -2.23. The number of halogens is 1. The molecule has 0 bridgehead atoms. The van der Waals surface area contributed by atoms with Crippen LogP contribution >= 0.6 is 11.6 Å². The second-order valence-electron chi connectivity index (χ2n) is 7.29. The van der Waals surface area contributed by atoms with Gasteiger partial charge < -0.3 is 15.0 Å². The quantitative estimate of drug-likeness (QED) is 0.657. The van der Waals surface area contributed by atoms with Crippen LogP contribution in [-0.4, -0.2) is 51.4 Å². The molecule has 2 heterocycles. The van der Waals surface area contributed by atoms with Crippen molar-refractivity contribution in [1.82, 2.24) is 19.9 Å². The number of carbonyl (C=O) groups is 2. The SMILES string of the molecule is COc1ccc(NC(=O)C2CCCN2C(=O)c2nnn(-c3cccc(Cl)c3)c2C)cc1. The van der Waals surface area contributed by atoms with Gasteiger partial charge in [-0.15, -0.1) is 5.10 Å². The number of hydrogen-bond donors (Lipinski definition) is 1. The van der Waals surface area contributed by atoms with E-state index in [4.69, 9.17) is 16.3 Å². The highest BCUT2D eigenvalue weighted by Crippen LogP contribution is 2.24. The minimum atomic E-state index is -0.565. The van der Waals surface area contributed by atoms with Gasteiger partial charge >= 0.3 is 0 Å². The van der Waals surface area contributed by atoms with Gasteiger partial charge in [0.05, 0.1) is 18.5 Å². The second-order valence-corrected chi connectivity index (χ2v) is 7.73. The number of anilines is 1. The molecule has 0 aliphatic carbocycles. The van der Waals surface area contributed by atoms with E-state index in [9.17, 15) is 9.59 Å². The van der Waals surface area contributed by atoms with E-state index in [2.05, 4.69) is 15.6 Å². The van der Waals surface area contributed by atoms with Crippen molar-refractivity contribution in [2.45, 2.75) is 25.8 Å². The summed E-state index contributed by atoms with van der Waals surface area (Å²) < 4.78 is 6.71. The first kappa shape index (κ1) is 20.9. The summed E-state index contributed by atoms with van der Waals surface area (Å²) >= 11 is 6.07. The van der Waals surface area contributed by atoms with E-state index in [0.29, 0.717) is 40.8 Å². The van der Waals surface area contributed by atoms with Crippen molar-refractivity contribution in [3.63, 3.8) is 0 Å². The molecule has 160 valence electrons. The summed E-state index contributed by atoms with van der Waals surface area (Å²) in [6.45, 7) is 2.26. The molecule has 31 heavy (non-hydrogen) atoms. The lowest BCUT2D eigenvalue weighted by molar-refractivity contribution is -0.119. The van der Waals surface area contributed by atoms with Crippen LogP contribution in [0.3, 0.4) is 0 Å². The Morgan fingerprint density at radius 1 is 1.19 bits per heavy atom. The summed E-state index contributed by atoms with van der Waals surface area (Å²) in [4.78, 5) is 27.7. The first-order valence-corrected chi connectivity index (χ1v) is 10.3. The van der Waals surface area contributed by atoms with Crippen LogP contribution in [0.1, 0.15) is 29.0 Å². The monoisotopic (exact) mass is 439 g/mol. The molecule has 4 rings (SSSR count). The number of nitrogens with zero attached hydrogens (tertiary/aromatic N) is 4. The lowest BCUT2D eigenvalue weighted by atomic mass is 10.2. The third kappa shape index (κ3) is 4.25. The molecule has 0 spiro atoms. The van der Waals surface area contributed by atoms with Gasteiger partial charge in [-0.3, -0.25) is 9.59 Å². The third-order valence-electron chi connectivity index (χ3n) is 5.32. The molecule has 9 heteroatoms. The van der Waals surface area contributed by atoms with Gasteiger partial charge in [0, 0.05) is 17.3 Å². The highest BCUT2D eigenvalue weighted by Gasteiger charge is 2.36. The number of hydrogen-bond acceptors (Lipinski definition) is 5. The van der Waals surface area contributed by atoms with Gasteiger partial charge in [0.2, 0.25) is 5.91 Å². The largest absolute Gasteiger partial charge is 0.497 e. The summed E-state index contributed by atoms with van der Waals surface area (Å²) in [6.07, 6.45) is 1.34. The zero-order valence-electron chi connectivity index (χ0n) is 17.2. The number of amides is 2. The van der Waals surface area contributed by atoms with Gasteiger partial charge in [-0.05, 0) is 62.2 Å². The van der Waals surface area contributed by atoms with E-state index >= 15 is 0 Å². The Labute approximate surface area is 184 Å². The molecule has 1 aliphatic heterocycles. The van der Waals surface area contributed by atoms with Crippen molar-refractivity contribution in [3.05, 3.63) is 64.9 Å². The number of methoxy groups -OCH3 is 1. The standard InChI is InChI=1S/C22H22ClN5O3/c1-14-20(25-26-28(14)17-6-3-5-15(23)13-17)22(30)27-12-4-7-19(27)21(29)24-16-8-10-18(31-2)11-9-16/h3,5-6,8-11,13,19H,4,7,12H2,1-2H3,(H,24,29). The lowest BCUT2D eigenvalue weighted by Crippen LogP contribution is -2.43. The maximum atomic E-state index is 13.2. The molecule has 2 amide bonds. The molecule has 1 atom stereocenters. The minimum Gasteiger partial charge on any atom is -0.497 e. The Balaban J connectivity index is 1.52. The number of aromatic nitrogens is 3. The van der Waals surface area contributed by atoms with Crippen LogP contribution in [0.4, 0.5) is 5.69 Å². The maximum Gasteiger partial charge on any atom is 0.277 e. The predicted molar refractivity (Wildman–Crippen MR) is 117 cm³/mol. The van der Waals surface area contributed by atoms with Crippen molar-refractivity contribution in [2.75, 3.05) is 19.0 Å². The molecule has 1 N–H and O–H groups in total. The Bertz CT molecular complexity index is 1110. The van der Waals surface area contributed by atoms with Gasteiger partial charge in [-0.1, -0.05) is 22.9 Å². The summed E-state index contributed by atoms with van der Waals surface area (Å²) in [5.41, 5.74) is 2.18. The van der Waals surface area contributed by atoms with Crippen LogP contribution in [0, 0.1) is 6.92 Å². The summed E-state index contributed by atoms with van der Waals surface area (Å²) in [6, 6.07) is 13.7. The number of ether oxygens (including phenoxy) is 1. The highest BCUT2D eigenvalue weighted by molar-refractivity contribution is 6.30. The molecule has 2 aromatic carbocycles. The minimum absolute atomic E-state index is 0.226. The van der Waals surface area contributed by atoms with Crippen molar-refractivity contribution in [2.24, 2.45) is 0 Å². The van der Waals surface area contributed by atoms with E-state index in [0.717, 1.165) is 6.42 Å². The van der Waals surface area contributed by atoms with Crippen LogP contribution in [0.2, 0.25) is 5.02 Å². The average Bonchev–Trinajstić information content (AvgIpc) is 3.41. The Hall–Kier alpha value is -3.39. The van der Waals surface area contributed by atoms with Gasteiger partial charge in [0.15, 0.2) is 5.69 Å². The van der Waals surface area contributed by atoms with Gasteiger partial charge in [0.25, 0.3) is 5.91 Å². The van der Waals surface area contributed by atoms with E-state index in [1.54, 1.807) is 66.1 Å². The fourth-order valence-corrected chi connectivity index (χ4v) is 3.88. The third-order valence-corrected chi connectivity index (χ3v) is 5.56. The molecule has 1 aliphatic rings. The second kappa shape index (κ2) is 8.77. The maximum absolute atomic E-state index is 13.2. The van der Waals surface area contributed by atoms with E-state index in [1.807, 2.05) is 6.07 Å². The molecular formula is C22H22ClN5O3. The molecule has 0 radical (unpaired) electrons. The molecular weight excluding hydrogens is 418 g/mol. The smallest absolute Gasteiger partial charge is 0.277 e. The molecule has 3 aromatic rings. The molecule has 8 nitrogen and oxygen atoms in total. The first-order valence-electron chi connectivity index (χ1n) is 9.92. The average molecular weight is 440 g/mol. The number of benzene rings is 2. The van der Waals surface area contributed by atoms with Gasteiger partial charge in [0.1, 0.15) is 11.8 Å². The van der Waals surface area contributed by atoms with Gasteiger partial charge in [-0.25, -0.2) is 4.68 Å². The van der Waals surface area contributed by atoms with Crippen molar-refractivity contribution in [1.29, 1.82) is 0 Å². The Morgan fingerprint density at radius 2 is 1.97 bits per heavy atom.